The molecule has 1 aliphatic rings. The van der Waals surface area contributed by atoms with Gasteiger partial charge in [-0.15, -0.1) is 0 Å². The van der Waals surface area contributed by atoms with E-state index >= 15 is 0 Å². The van der Waals surface area contributed by atoms with Crippen molar-refractivity contribution < 1.29 is 9.59 Å². The first-order valence-corrected chi connectivity index (χ1v) is 7.76. The molecule has 0 unspecified atom stereocenters. The number of likely N-dealkylation sites (N-methyl/N-ethyl adjacent to an activating group) is 1. The van der Waals surface area contributed by atoms with Crippen LogP contribution in [-0.4, -0.2) is 62.0 Å². The number of carbonyl (C=O) groups excluding carboxylic acids is 2. The molecular weight excluding hydrogens is 268 g/mol. The van der Waals surface area contributed by atoms with Crippen molar-refractivity contribution in [2.75, 3.05) is 33.7 Å². The monoisotopic (exact) mass is 298 g/mol. The first-order valence-electron chi connectivity index (χ1n) is 7.76. The van der Waals surface area contributed by atoms with Crippen LogP contribution in [0.5, 0.6) is 0 Å². The fraction of sp³-hybridized carbons (Fsp3) is 0.867. The fourth-order valence-corrected chi connectivity index (χ4v) is 2.63. The first-order chi connectivity index (χ1) is 9.84. The number of amides is 2. The van der Waals surface area contributed by atoms with Gasteiger partial charge in [-0.1, -0.05) is 0 Å². The van der Waals surface area contributed by atoms with Gasteiger partial charge >= 0.3 is 0 Å². The second-order valence-electron chi connectivity index (χ2n) is 6.50. The second kappa shape index (κ2) is 8.34. The second-order valence-corrected chi connectivity index (χ2v) is 6.50. The maximum Gasteiger partial charge on any atom is 0.234 e. The molecule has 0 aromatic heterocycles. The SMILES string of the molecule is CNC(=O)CCC(C)(C)NC(=O)CN(C)C1CCNCC1. The van der Waals surface area contributed by atoms with E-state index in [1.54, 1.807) is 7.05 Å². The lowest BCUT2D eigenvalue weighted by Crippen LogP contribution is -2.50. The summed E-state index contributed by atoms with van der Waals surface area (Å²) in [6.07, 6.45) is 3.23. The van der Waals surface area contributed by atoms with Crippen molar-refractivity contribution in [1.29, 1.82) is 0 Å². The molecule has 0 aliphatic carbocycles. The van der Waals surface area contributed by atoms with Gasteiger partial charge in [0.05, 0.1) is 6.54 Å². The summed E-state index contributed by atoms with van der Waals surface area (Å²) in [5, 5.41) is 8.96. The van der Waals surface area contributed by atoms with Gasteiger partial charge in [0.2, 0.25) is 11.8 Å². The molecular formula is C15H30N4O2. The Bertz CT molecular complexity index is 352. The summed E-state index contributed by atoms with van der Waals surface area (Å²) in [6, 6.07) is 0.478. The average Bonchev–Trinajstić information content (AvgIpc) is 2.45. The van der Waals surface area contributed by atoms with E-state index in [1.807, 2.05) is 20.9 Å². The lowest BCUT2D eigenvalue weighted by Gasteiger charge is -2.32. The van der Waals surface area contributed by atoms with Crippen molar-refractivity contribution in [3.05, 3.63) is 0 Å². The zero-order chi connectivity index (χ0) is 15.9. The van der Waals surface area contributed by atoms with E-state index in [9.17, 15) is 9.59 Å². The lowest BCUT2D eigenvalue weighted by molar-refractivity contribution is -0.125. The van der Waals surface area contributed by atoms with Crippen molar-refractivity contribution in [1.82, 2.24) is 20.9 Å². The van der Waals surface area contributed by atoms with Crippen LogP contribution in [0.3, 0.4) is 0 Å². The Morgan fingerprint density at radius 2 is 1.86 bits per heavy atom. The average molecular weight is 298 g/mol. The minimum absolute atomic E-state index is 0.00384. The van der Waals surface area contributed by atoms with Crippen LogP contribution in [0.25, 0.3) is 0 Å². The topological polar surface area (TPSA) is 73.5 Å². The first kappa shape index (κ1) is 17.9. The molecule has 2 amide bonds. The van der Waals surface area contributed by atoms with Crippen LogP contribution in [0.4, 0.5) is 0 Å². The highest BCUT2D eigenvalue weighted by atomic mass is 16.2. The van der Waals surface area contributed by atoms with E-state index in [2.05, 4.69) is 20.9 Å². The molecule has 0 bridgehead atoms. The highest BCUT2D eigenvalue weighted by Gasteiger charge is 2.24. The molecule has 6 heteroatoms. The Hall–Kier alpha value is -1.14. The standard InChI is InChI=1S/C15H30N4O2/c1-15(2,8-5-13(20)16-3)18-14(21)11-19(4)12-6-9-17-10-7-12/h12,17H,5-11H2,1-4H3,(H,16,20)(H,18,21). The minimum atomic E-state index is -0.363. The molecule has 1 fully saturated rings. The normalized spacial score (nSPS) is 16.8. The highest BCUT2D eigenvalue weighted by Crippen LogP contribution is 2.12. The molecule has 21 heavy (non-hydrogen) atoms. The van der Waals surface area contributed by atoms with Gasteiger partial charge in [0, 0.05) is 25.0 Å². The number of hydrogen-bond acceptors (Lipinski definition) is 4. The summed E-state index contributed by atoms with van der Waals surface area (Å²) in [5.41, 5.74) is -0.363. The Labute approximate surface area is 128 Å². The van der Waals surface area contributed by atoms with Crippen molar-refractivity contribution in [2.45, 2.75) is 51.1 Å². The third-order valence-corrected chi connectivity index (χ3v) is 4.06. The van der Waals surface area contributed by atoms with E-state index in [0.717, 1.165) is 25.9 Å². The molecule has 0 aromatic carbocycles. The molecule has 0 atom stereocenters. The van der Waals surface area contributed by atoms with Crippen LogP contribution in [0.15, 0.2) is 0 Å². The number of nitrogens with zero attached hydrogens (tertiary/aromatic N) is 1. The Balaban J connectivity index is 2.35. The maximum absolute atomic E-state index is 12.2. The largest absolute Gasteiger partial charge is 0.359 e. The van der Waals surface area contributed by atoms with E-state index in [4.69, 9.17) is 0 Å². The van der Waals surface area contributed by atoms with Gasteiger partial charge < -0.3 is 16.0 Å². The van der Waals surface area contributed by atoms with Crippen LogP contribution in [-0.2, 0) is 9.59 Å². The minimum Gasteiger partial charge on any atom is -0.359 e. The van der Waals surface area contributed by atoms with Crippen molar-refractivity contribution in [2.24, 2.45) is 0 Å². The smallest absolute Gasteiger partial charge is 0.234 e. The highest BCUT2D eigenvalue weighted by molar-refractivity contribution is 5.79. The molecule has 1 saturated heterocycles. The third kappa shape index (κ3) is 6.91. The number of rotatable bonds is 7. The molecule has 6 nitrogen and oxygen atoms in total. The van der Waals surface area contributed by atoms with Gasteiger partial charge in [-0.2, -0.15) is 0 Å². The van der Waals surface area contributed by atoms with E-state index in [-0.39, 0.29) is 17.4 Å². The van der Waals surface area contributed by atoms with Gasteiger partial charge in [-0.05, 0) is 53.2 Å². The predicted octanol–water partition coefficient (Wildman–Crippen LogP) is 0.0912. The van der Waals surface area contributed by atoms with E-state index in [0.29, 0.717) is 25.4 Å². The van der Waals surface area contributed by atoms with Gasteiger partial charge in [-0.25, -0.2) is 0 Å². The van der Waals surface area contributed by atoms with Gasteiger partial charge in [0.15, 0.2) is 0 Å². The Kier molecular flexibility index (Phi) is 7.11. The molecule has 0 aromatic rings. The van der Waals surface area contributed by atoms with Crippen LogP contribution in [0.1, 0.15) is 39.5 Å². The van der Waals surface area contributed by atoms with Crippen LogP contribution in [0.2, 0.25) is 0 Å². The summed E-state index contributed by atoms with van der Waals surface area (Å²) in [5.74, 6) is 0.0297. The molecule has 1 heterocycles. The van der Waals surface area contributed by atoms with Crippen molar-refractivity contribution in [3.63, 3.8) is 0 Å². The predicted molar refractivity (Wildman–Crippen MR) is 84.0 cm³/mol. The van der Waals surface area contributed by atoms with Gasteiger partial charge in [0.1, 0.15) is 0 Å². The van der Waals surface area contributed by atoms with Crippen LogP contribution >= 0.6 is 0 Å². The molecule has 0 spiro atoms. The van der Waals surface area contributed by atoms with E-state index in [1.165, 1.54) is 0 Å². The van der Waals surface area contributed by atoms with Gasteiger partial charge in [0.25, 0.3) is 0 Å². The number of nitrogens with one attached hydrogen (secondary N) is 3. The molecule has 0 saturated carbocycles. The molecule has 122 valence electrons. The summed E-state index contributed by atoms with van der Waals surface area (Å²) in [4.78, 5) is 25.6. The van der Waals surface area contributed by atoms with Gasteiger partial charge in [-0.3, -0.25) is 14.5 Å². The van der Waals surface area contributed by atoms with Crippen LogP contribution < -0.4 is 16.0 Å². The molecule has 1 rings (SSSR count). The summed E-state index contributed by atoms with van der Waals surface area (Å²) >= 11 is 0. The van der Waals surface area contributed by atoms with Crippen molar-refractivity contribution >= 4 is 11.8 Å². The van der Waals surface area contributed by atoms with E-state index < -0.39 is 0 Å². The molecule has 3 N–H and O–H groups in total. The Morgan fingerprint density at radius 3 is 2.43 bits per heavy atom. The number of carbonyl (C=O) groups is 2. The number of piperidine rings is 1. The lowest BCUT2D eigenvalue weighted by atomic mass is 9.98. The molecule has 0 radical (unpaired) electrons. The quantitative estimate of drug-likeness (QED) is 0.623. The third-order valence-electron chi connectivity index (χ3n) is 4.06. The summed E-state index contributed by atoms with van der Waals surface area (Å²) < 4.78 is 0. The number of hydrogen-bond donors (Lipinski definition) is 3. The zero-order valence-electron chi connectivity index (χ0n) is 13.8. The van der Waals surface area contributed by atoms with Crippen molar-refractivity contribution in [3.8, 4) is 0 Å². The summed E-state index contributed by atoms with van der Waals surface area (Å²) in [7, 11) is 3.63. The fourth-order valence-electron chi connectivity index (χ4n) is 2.63. The maximum atomic E-state index is 12.2. The Morgan fingerprint density at radius 1 is 1.24 bits per heavy atom. The van der Waals surface area contributed by atoms with Crippen LogP contribution in [0, 0.1) is 0 Å². The summed E-state index contributed by atoms with van der Waals surface area (Å²) in [6.45, 7) is 6.37. The zero-order valence-corrected chi connectivity index (χ0v) is 13.8. The molecule has 1 aliphatic heterocycles.